The maximum Gasteiger partial charge on any atom is 0.264 e. The minimum atomic E-state index is -1.98. The van der Waals surface area contributed by atoms with Crippen molar-refractivity contribution in [1.82, 2.24) is 0 Å². The third-order valence-electron chi connectivity index (χ3n) is 5.31. The third-order valence-corrected chi connectivity index (χ3v) is 5.54. The van der Waals surface area contributed by atoms with Gasteiger partial charge in [-0.2, -0.15) is 0 Å². The second-order valence-electron chi connectivity index (χ2n) is 7.23. The molecule has 0 spiro atoms. The first-order chi connectivity index (χ1) is 14.4. The number of carbonyl (C=O) groups is 2. The molecular formula is C24H20ClNO4. The monoisotopic (exact) mass is 421 g/mol. The highest BCUT2D eigenvalue weighted by Crippen LogP contribution is 2.44. The number of methoxy groups -OCH3 is 1. The Morgan fingerprint density at radius 3 is 2.43 bits per heavy atom. The first-order valence-electron chi connectivity index (χ1n) is 9.48. The van der Waals surface area contributed by atoms with Crippen LogP contribution >= 0.6 is 11.6 Å². The summed E-state index contributed by atoms with van der Waals surface area (Å²) < 4.78 is 5.11. The van der Waals surface area contributed by atoms with Crippen LogP contribution in [0.3, 0.4) is 0 Å². The Morgan fingerprint density at radius 1 is 1.07 bits per heavy atom. The van der Waals surface area contributed by atoms with Crippen molar-refractivity contribution in [3.8, 4) is 5.75 Å². The van der Waals surface area contributed by atoms with Gasteiger partial charge in [-0.1, -0.05) is 41.9 Å². The molecule has 6 heteroatoms. The molecule has 0 aromatic heterocycles. The fourth-order valence-electron chi connectivity index (χ4n) is 3.73. The highest BCUT2D eigenvalue weighted by Gasteiger charge is 2.51. The van der Waals surface area contributed by atoms with E-state index in [9.17, 15) is 14.7 Å². The van der Waals surface area contributed by atoms with E-state index in [1.165, 1.54) is 4.90 Å². The molecule has 1 aliphatic heterocycles. The molecule has 1 unspecified atom stereocenters. The lowest BCUT2D eigenvalue weighted by molar-refractivity contribution is -0.136. The van der Waals surface area contributed by atoms with E-state index in [4.69, 9.17) is 16.3 Å². The van der Waals surface area contributed by atoms with Crippen molar-refractivity contribution in [2.45, 2.75) is 18.6 Å². The first kappa shape index (κ1) is 20.1. The lowest BCUT2D eigenvalue weighted by atomic mass is 9.88. The molecule has 1 amide bonds. The van der Waals surface area contributed by atoms with Crippen LogP contribution in [0.4, 0.5) is 5.69 Å². The molecule has 0 saturated heterocycles. The number of carbonyl (C=O) groups excluding carboxylic acids is 2. The Morgan fingerprint density at radius 2 is 1.77 bits per heavy atom. The second-order valence-corrected chi connectivity index (χ2v) is 7.66. The molecular weight excluding hydrogens is 402 g/mol. The standard InChI is InChI=1S/C24H20ClNO4/c1-30-19-10-7-17(8-11-19)22(27)14-24(29)20-13-18(25)9-12-21(20)26(23(24)28)15-16-5-3-2-4-6-16/h2-13,29H,14-15H2,1H3. The fraction of sp³-hybridized carbons (Fsp3) is 0.167. The summed E-state index contributed by atoms with van der Waals surface area (Å²) in [6, 6.07) is 21.0. The first-order valence-corrected chi connectivity index (χ1v) is 9.86. The van der Waals surface area contributed by atoms with Crippen molar-refractivity contribution in [3.63, 3.8) is 0 Å². The number of fused-ring (bicyclic) bond motifs is 1. The van der Waals surface area contributed by atoms with E-state index >= 15 is 0 Å². The summed E-state index contributed by atoms with van der Waals surface area (Å²) in [5.41, 5.74) is 0.224. The van der Waals surface area contributed by atoms with E-state index in [1.807, 2.05) is 30.3 Å². The number of ether oxygens (including phenoxy) is 1. The van der Waals surface area contributed by atoms with Gasteiger partial charge >= 0.3 is 0 Å². The van der Waals surface area contributed by atoms with Gasteiger partial charge in [0.05, 0.1) is 25.8 Å². The van der Waals surface area contributed by atoms with Crippen LogP contribution in [0, 0.1) is 0 Å². The molecule has 3 aromatic carbocycles. The van der Waals surface area contributed by atoms with Gasteiger partial charge in [0.15, 0.2) is 11.4 Å². The highest BCUT2D eigenvalue weighted by atomic mass is 35.5. The number of hydrogen-bond donors (Lipinski definition) is 1. The molecule has 0 radical (unpaired) electrons. The number of hydrogen-bond acceptors (Lipinski definition) is 4. The summed E-state index contributed by atoms with van der Waals surface area (Å²) in [5.74, 6) is -0.264. The van der Waals surface area contributed by atoms with Crippen molar-refractivity contribution >= 4 is 29.0 Å². The topological polar surface area (TPSA) is 66.8 Å². The lowest BCUT2D eigenvalue weighted by Gasteiger charge is -2.23. The summed E-state index contributed by atoms with van der Waals surface area (Å²) in [5, 5.41) is 11.8. The SMILES string of the molecule is COc1ccc(C(=O)CC2(O)C(=O)N(Cc3ccccc3)c3ccc(Cl)cc32)cc1. The predicted molar refractivity (Wildman–Crippen MR) is 115 cm³/mol. The van der Waals surface area contributed by atoms with E-state index in [0.29, 0.717) is 27.6 Å². The number of amides is 1. The number of anilines is 1. The molecule has 0 saturated carbocycles. The Hall–Kier alpha value is -3.15. The van der Waals surface area contributed by atoms with Gasteiger partial charge in [0.25, 0.3) is 5.91 Å². The van der Waals surface area contributed by atoms with Crippen molar-refractivity contribution in [2.75, 3.05) is 12.0 Å². The zero-order chi connectivity index (χ0) is 21.3. The molecule has 5 nitrogen and oxygen atoms in total. The largest absolute Gasteiger partial charge is 0.497 e. The van der Waals surface area contributed by atoms with Crippen LogP contribution in [0.15, 0.2) is 72.8 Å². The molecule has 152 valence electrons. The number of aliphatic hydroxyl groups is 1. The highest BCUT2D eigenvalue weighted by molar-refractivity contribution is 6.31. The lowest BCUT2D eigenvalue weighted by Crippen LogP contribution is -2.41. The van der Waals surface area contributed by atoms with Gasteiger partial charge in [0.1, 0.15) is 5.75 Å². The second kappa shape index (κ2) is 7.94. The van der Waals surface area contributed by atoms with E-state index in [1.54, 1.807) is 49.6 Å². The number of benzene rings is 3. The van der Waals surface area contributed by atoms with Gasteiger partial charge in [-0.25, -0.2) is 0 Å². The van der Waals surface area contributed by atoms with E-state index in [-0.39, 0.29) is 18.7 Å². The van der Waals surface area contributed by atoms with Crippen molar-refractivity contribution < 1.29 is 19.4 Å². The van der Waals surface area contributed by atoms with Crippen LogP contribution < -0.4 is 9.64 Å². The van der Waals surface area contributed by atoms with E-state index in [0.717, 1.165) is 5.56 Å². The molecule has 1 N–H and O–H groups in total. The smallest absolute Gasteiger partial charge is 0.264 e. The van der Waals surface area contributed by atoms with Gasteiger partial charge in [0.2, 0.25) is 0 Å². The zero-order valence-electron chi connectivity index (χ0n) is 16.3. The van der Waals surface area contributed by atoms with E-state index in [2.05, 4.69) is 0 Å². The summed E-state index contributed by atoms with van der Waals surface area (Å²) in [6.07, 6.45) is -0.378. The Labute approximate surface area is 179 Å². The normalized spacial score (nSPS) is 17.7. The van der Waals surface area contributed by atoms with Gasteiger partial charge in [-0.15, -0.1) is 0 Å². The van der Waals surface area contributed by atoms with Crippen LogP contribution in [0.2, 0.25) is 5.02 Å². The molecule has 1 atom stereocenters. The molecule has 1 heterocycles. The zero-order valence-corrected chi connectivity index (χ0v) is 17.1. The van der Waals surface area contributed by atoms with Crippen LogP contribution in [0.25, 0.3) is 0 Å². The van der Waals surface area contributed by atoms with Gasteiger partial charge < -0.3 is 14.7 Å². The number of halogens is 1. The third kappa shape index (κ3) is 3.58. The molecule has 0 bridgehead atoms. The van der Waals surface area contributed by atoms with Crippen LogP contribution in [-0.4, -0.2) is 23.9 Å². The van der Waals surface area contributed by atoms with Crippen LogP contribution in [0.1, 0.15) is 27.9 Å². The van der Waals surface area contributed by atoms with E-state index < -0.39 is 11.5 Å². The molecule has 4 rings (SSSR count). The maximum atomic E-state index is 13.3. The average molecular weight is 422 g/mol. The summed E-state index contributed by atoms with van der Waals surface area (Å²) >= 11 is 6.15. The Kier molecular flexibility index (Phi) is 5.33. The molecule has 1 aliphatic rings. The Balaban J connectivity index is 1.68. The quantitative estimate of drug-likeness (QED) is 0.601. The average Bonchev–Trinajstić information content (AvgIpc) is 2.96. The fourth-order valence-corrected chi connectivity index (χ4v) is 3.90. The maximum absolute atomic E-state index is 13.3. The van der Waals surface area contributed by atoms with Crippen molar-refractivity contribution in [2.24, 2.45) is 0 Å². The summed E-state index contributed by atoms with van der Waals surface area (Å²) in [4.78, 5) is 27.7. The van der Waals surface area contributed by atoms with Crippen molar-refractivity contribution in [3.05, 3.63) is 94.5 Å². The number of rotatable bonds is 6. The minimum Gasteiger partial charge on any atom is -0.497 e. The van der Waals surface area contributed by atoms with Crippen LogP contribution in [0.5, 0.6) is 5.75 Å². The number of ketones is 1. The predicted octanol–water partition coefficient (Wildman–Crippen LogP) is 4.36. The Bertz CT molecular complexity index is 1100. The number of nitrogens with zero attached hydrogens (tertiary/aromatic N) is 1. The van der Waals surface area contributed by atoms with Crippen LogP contribution in [-0.2, 0) is 16.9 Å². The summed E-state index contributed by atoms with van der Waals surface area (Å²) in [7, 11) is 1.54. The van der Waals surface area contributed by atoms with Crippen molar-refractivity contribution in [1.29, 1.82) is 0 Å². The van der Waals surface area contributed by atoms with Gasteiger partial charge in [-0.05, 0) is 48.0 Å². The molecule has 0 fully saturated rings. The van der Waals surface area contributed by atoms with Gasteiger partial charge in [0, 0.05) is 16.1 Å². The summed E-state index contributed by atoms with van der Waals surface area (Å²) in [6.45, 7) is 0.285. The molecule has 30 heavy (non-hydrogen) atoms. The minimum absolute atomic E-state index is 0.285. The van der Waals surface area contributed by atoms with Gasteiger partial charge in [-0.3, -0.25) is 9.59 Å². The number of Topliss-reactive ketones (excluding diaryl/α,β-unsaturated/α-hetero) is 1. The molecule has 0 aliphatic carbocycles. The molecule has 3 aromatic rings.